The quantitative estimate of drug-likeness (QED) is 0.675. The van der Waals surface area contributed by atoms with Crippen LogP contribution >= 0.6 is 0 Å². The van der Waals surface area contributed by atoms with Gasteiger partial charge in [0.1, 0.15) is 6.61 Å². The van der Waals surface area contributed by atoms with E-state index in [9.17, 15) is 18.0 Å². The van der Waals surface area contributed by atoms with Gasteiger partial charge in [-0.15, -0.1) is 0 Å². The molecule has 1 saturated heterocycles. The average molecular weight is 227 g/mol. The average Bonchev–Trinajstić information content (AvgIpc) is 2.63. The normalized spacial score (nSPS) is 17.1. The number of hydrogen-bond acceptors (Lipinski definition) is 3. The molecule has 0 aromatic heterocycles. The molecule has 0 spiro atoms. The summed E-state index contributed by atoms with van der Waals surface area (Å²) in [6.45, 7) is -0.577. The first-order chi connectivity index (χ1) is 6.99. The Morgan fingerprint density at radius 3 is 2.73 bits per heavy atom. The number of carbonyl (C=O) groups excluding carboxylic acids is 1. The molecule has 0 atom stereocenters. The molecule has 1 rings (SSSR count). The van der Waals surface area contributed by atoms with Crippen LogP contribution in [-0.2, 0) is 14.4 Å². The van der Waals surface area contributed by atoms with E-state index in [2.05, 4.69) is 4.74 Å². The summed E-state index contributed by atoms with van der Waals surface area (Å²) in [5.41, 5.74) is 0. The van der Waals surface area contributed by atoms with Crippen LogP contribution in [0.15, 0.2) is 0 Å². The molecule has 88 valence electrons. The van der Waals surface area contributed by atoms with Crippen molar-refractivity contribution in [1.82, 2.24) is 5.06 Å². The molecule has 0 unspecified atom stereocenters. The fourth-order valence-electron chi connectivity index (χ4n) is 1.12. The summed E-state index contributed by atoms with van der Waals surface area (Å²) in [5, 5.41) is 1.16. The number of hydrogen-bond donors (Lipinski definition) is 0. The first-order valence-corrected chi connectivity index (χ1v) is 4.57. The summed E-state index contributed by atoms with van der Waals surface area (Å²) in [6, 6.07) is 0. The molecular weight excluding hydrogens is 215 g/mol. The number of carbonyl (C=O) groups is 1. The van der Waals surface area contributed by atoms with Gasteiger partial charge in [-0.1, -0.05) is 0 Å². The van der Waals surface area contributed by atoms with Crippen molar-refractivity contribution in [1.29, 1.82) is 0 Å². The number of halogens is 3. The SMILES string of the molecule is O=C(CCOCC(F)(F)F)N1CCCO1. The summed E-state index contributed by atoms with van der Waals surface area (Å²) in [5.74, 6) is -0.338. The summed E-state index contributed by atoms with van der Waals surface area (Å²) < 4.78 is 39.2. The van der Waals surface area contributed by atoms with Crippen LogP contribution in [0.2, 0.25) is 0 Å². The van der Waals surface area contributed by atoms with E-state index in [1.807, 2.05) is 0 Å². The van der Waals surface area contributed by atoms with Crippen LogP contribution in [0.4, 0.5) is 13.2 Å². The second-order valence-electron chi connectivity index (χ2n) is 3.10. The molecular formula is C8H12F3NO3. The third-order valence-corrected chi connectivity index (χ3v) is 1.76. The number of rotatable bonds is 4. The van der Waals surface area contributed by atoms with Crippen LogP contribution in [0.3, 0.4) is 0 Å². The Bertz CT molecular complexity index is 214. The molecule has 1 aliphatic rings. The van der Waals surface area contributed by atoms with Crippen LogP contribution in [0, 0.1) is 0 Å². The molecule has 0 saturated carbocycles. The van der Waals surface area contributed by atoms with Gasteiger partial charge in [-0.2, -0.15) is 13.2 Å². The second kappa shape index (κ2) is 5.32. The molecule has 1 amide bonds. The lowest BCUT2D eigenvalue weighted by atomic mass is 10.4. The minimum Gasteiger partial charge on any atom is -0.372 e. The number of ether oxygens (including phenoxy) is 1. The van der Waals surface area contributed by atoms with E-state index in [1.165, 1.54) is 0 Å². The fraction of sp³-hybridized carbons (Fsp3) is 0.875. The van der Waals surface area contributed by atoms with Crippen molar-refractivity contribution in [3.05, 3.63) is 0 Å². The molecule has 7 heteroatoms. The van der Waals surface area contributed by atoms with Crippen LogP contribution in [0.1, 0.15) is 12.8 Å². The lowest BCUT2D eigenvalue weighted by Gasteiger charge is -2.13. The van der Waals surface area contributed by atoms with Crippen molar-refractivity contribution in [3.63, 3.8) is 0 Å². The third-order valence-electron chi connectivity index (χ3n) is 1.76. The Balaban J connectivity index is 2.07. The Morgan fingerprint density at radius 1 is 1.47 bits per heavy atom. The Labute approximate surface area is 84.9 Å². The molecule has 0 bridgehead atoms. The van der Waals surface area contributed by atoms with E-state index in [0.717, 1.165) is 11.5 Å². The van der Waals surface area contributed by atoms with Gasteiger partial charge in [0.05, 0.1) is 26.2 Å². The van der Waals surface area contributed by atoms with E-state index >= 15 is 0 Å². The first kappa shape index (κ1) is 12.3. The highest BCUT2D eigenvalue weighted by Crippen LogP contribution is 2.14. The number of hydroxylamine groups is 2. The molecule has 15 heavy (non-hydrogen) atoms. The number of alkyl halides is 3. The van der Waals surface area contributed by atoms with Crippen molar-refractivity contribution in [2.24, 2.45) is 0 Å². The molecule has 1 heterocycles. The zero-order chi connectivity index (χ0) is 11.3. The predicted molar refractivity (Wildman–Crippen MR) is 43.8 cm³/mol. The fourth-order valence-corrected chi connectivity index (χ4v) is 1.12. The van der Waals surface area contributed by atoms with Gasteiger partial charge in [0.25, 0.3) is 0 Å². The first-order valence-electron chi connectivity index (χ1n) is 4.57. The predicted octanol–water partition coefficient (Wildman–Crippen LogP) is 1.12. The highest BCUT2D eigenvalue weighted by Gasteiger charge is 2.27. The number of amides is 1. The van der Waals surface area contributed by atoms with E-state index < -0.39 is 12.8 Å². The lowest BCUT2D eigenvalue weighted by molar-refractivity contribution is -0.181. The van der Waals surface area contributed by atoms with Gasteiger partial charge in [-0.25, -0.2) is 5.06 Å². The summed E-state index contributed by atoms with van der Waals surface area (Å²) in [6.07, 6.45) is -3.67. The highest BCUT2D eigenvalue weighted by molar-refractivity contribution is 5.75. The Hall–Kier alpha value is -0.820. The van der Waals surface area contributed by atoms with Gasteiger partial charge in [-0.05, 0) is 6.42 Å². The van der Waals surface area contributed by atoms with Crippen molar-refractivity contribution < 1.29 is 27.5 Å². The van der Waals surface area contributed by atoms with E-state index in [0.29, 0.717) is 13.2 Å². The molecule has 0 N–H and O–H groups in total. The molecule has 0 aromatic rings. The van der Waals surface area contributed by atoms with Gasteiger partial charge in [-0.3, -0.25) is 9.63 Å². The van der Waals surface area contributed by atoms with Gasteiger partial charge < -0.3 is 4.74 Å². The molecule has 0 radical (unpaired) electrons. The maximum Gasteiger partial charge on any atom is 0.411 e. The zero-order valence-electron chi connectivity index (χ0n) is 8.05. The molecule has 4 nitrogen and oxygen atoms in total. The van der Waals surface area contributed by atoms with Crippen LogP contribution in [-0.4, -0.2) is 43.5 Å². The van der Waals surface area contributed by atoms with E-state index in [-0.39, 0.29) is 18.9 Å². The van der Waals surface area contributed by atoms with Gasteiger partial charge in [0.15, 0.2) is 0 Å². The van der Waals surface area contributed by atoms with Gasteiger partial charge in [0, 0.05) is 0 Å². The van der Waals surface area contributed by atoms with E-state index in [1.54, 1.807) is 0 Å². The standard InChI is InChI=1S/C8H12F3NO3/c9-8(10,11)6-14-5-2-7(13)12-3-1-4-15-12/h1-6H2. The van der Waals surface area contributed by atoms with Crippen molar-refractivity contribution in [2.45, 2.75) is 19.0 Å². The van der Waals surface area contributed by atoms with Gasteiger partial charge in [0.2, 0.25) is 5.91 Å². The molecule has 0 aromatic carbocycles. The summed E-state index contributed by atoms with van der Waals surface area (Å²) in [7, 11) is 0. The smallest absolute Gasteiger partial charge is 0.372 e. The molecule has 0 aliphatic carbocycles. The molecule has 1 aliphatic heterocycles. The van der Waals surface area contributed by atoms with Crippen LogP contribution in [0.5, 0.6) is 0 Å². The van der Waals surface area contributed by atoms with Gasteiger partial charge >= 0.3 is 6.18 Å². The monoisotopic (exact) mass is 227 g/mol. The highest BCUT2D eigenvalue weighted by atomic mass is 19.4. The maximum atomic E-state index is 11.6. The van der Waals surface area contributed by atoms with Crippen LogP contribution < -0.4 is 0 Å². The summed E-state index contributed by atoms with van der Waals surface area (Å²) in [4.78, 5) is 16.1. The Morgan fingerprint density at radius 2 is 2.20 bits per heavy atom. The summed E-state index contributed by atoms with van der Waals surface area (Å²) >= 11 is 0. The van der Waals surface area contributed by atoms with E-state index in [4.69, 9.17) is 4.84 Å². The van der Waals surface area contributed by atoms with Crippen LogP contribution in [0.25, 0.3) is 0 Å². The minimum atomic E-state index is -4.34. The maximum absolute atomic E-state index is 11.6. The third kappa shape index (κ3) is 4.98. The van der Waals surface area contributed by atoms with Crippen molar-refractivity contribution in [3.8, 4) is 0 Å². The largest absolute Gasteiger partial charge is 0.411 e. The van der Waals surface area contributed by atoms with Crippen molar-refractivity contribution >= 4 is 5.91 Å². The zero-order valence-corrected chi connectivity index (χ0v) is 8.05. The van der Waals surface area contributed by atoms with Crippen molar-refractivity contribution in [2.75, 3.05) is 26.4 Å². The lowest BCUT2D eigenvalue weighted by Crippen LogP contribution is -2.28. The second-order valence-corrected chi connectivity index (χ2v) is 3.10. The number of nitrogens with zero attached hydrogens (tertiary/aromatic N) is 1. The Kier molecular flexibility index (Phi) is 4.34. The molecule has 1 fully saturated rings. The topological polar surface area (TPSA) is 38.8 Å². The minimum absolute atomic E-state index is 0.0872.